The maximum absolute atomic E-state index is 5.70. The van der Waals surface area contributed by atoms with E-state index in [1.165, 1.54) is 11.1 Å². The Balaban J connectivity index is 2.82. The van der Waals surface area contributed by atoms with Gasteiger partial charge in [0.25, 0.3) is 0 Å². The van der Waals surface area contributed by atoms with Crippen LogP contribution >= 0.6 is 12.2 Å². The molecule has 0 saturated heterocycles. The Labute approximate surface area is 77.3 Å². The van der Waals surface area contributed by atoms with Crippen LogP contribution in [0.15, 0.2) is 18.2 Å². The van der Waals surface area contributed by atoms with E-state index in [2.05, 4.69) is 12.2 Å². The van der Waals surface area contributed by atoms with Gasteiger partial charge in [0.05, 0.1) is 0 Å². The van der Waals surface area contributed by atoms with Crippen LogP contribution in [0.25, 0.3) is 0 Å². The van der Waals surface area contributed by atoms with Gasteiger partial charge in [0.2, 0.25) is 0 Å². The molecule has 1 aromatic rings. The van der Waals surface area contributed by atoms with Crippen LogP contribution in [-0.2, 0) is 11.3 Å². The average Bonchev–Trinajstić information content (AvgIpc) is 2.07. The number of nitrogen functional groups attached to an aromatic ring is 1. The van der Waals surface area contributed by atoms with Gasteiger partial charge in [-0.05, 0) is 25.2 Å². The van der Waals surface area contributed by atoms with Crippen LogP contribution in [0.5, 0.6) is 0 Å². The molecule has 0 aliphatic heterocycles. The van der Waals surface area contributed by atoms with Crippen molar-refractivity contribution in [1.82, 2.24) is 0 Å². The zero-order valence-corrected chi connectivity index (χ0v) is 7.73. The molecule has 0 aromatic heterocycles. The quantitative estimate of drug-likeness (QED) is 0.572. The van der Waals surface area contributed by atoms with Gasteiger partial charge in [0.15, 0.2) is 0 Å². The molecule has 2 nitrogen and oxygen atoms in total. The molecular weight excluding hydrogens is 170 g/mol. The van der Waals surface area contributed by atoms with Gasteiger partial charge >= 0.3 is 0 Å². The van der Waals surface area contributed by atoms with Gasteiger partial charge in [-0.15, -0.1) is 0 Å². The Hall–Kier alpha value is -1.09. The summed E-state index contributed by atoms with van der Waals surface area (Å²) in [5, 5.41) is 0. The van der Waals surface area contributed by atoms with E-state index in [0.717, 1.165) is 11.3 Å². The number of thiocarbonyl (C=S) groups is 1. The molecule has 12 heavy (non-hydrogen) atoms. The average molecular weight is 181 g/mol. The Morgan fingerprint density at radius 3 is 3.00 bits per heavy atom. The molecule has 0 fully saturated rings. The highest BCUT2D eigenvalue weighted by molar-refractivity contribution is 7.78. The van der Waals surface area contributed by atoms with Gasteiger partial charge in [-0.25, -0.2) is 0 Å². The summed E-state index contributed by atoms with van der Waals surface area (Å²) in [6.45, 7) is 2.47. The van der Waals surface area contributed by atoms with Gasteiger partial charge in [0.1, 0.15) is 12.2 Å². The number of anilines is 1. The van der Waals surface area contributed by atoms with Crippen molar-refractivity contribution in [2.75, 3.05) is 5.73 Å². The Morgan fingerprint density at radius 2 is 2.33 bits per heavy atom. The van der Waals surface area contributed by atoms with E-state index in [-0.39, 0.29) is 0 Å². The van der Waals surface area contributed by atoms with Crippen molar-refractivity contribution >= 4 is 23.5 Å². The lowest BCUT2D eigenvalue weighted by Gasteiger charge is -2.05. The van der Waals surface area contributed by atoms with Crippen molar-refractivity contribution in [3.63, 3.8) is 0 Å². The highest BCUT2D eigenvalue weighted by Gasteiger charge is 1.98. The fourth-order valence-corrected chi connectivity index (χ4v) is 1.05. The minimum Gasteiger partial charge on any atom is -0.485 e. The molecule has 0 radical (unpaired) electrons. The SMILES string of the molecule is Cc1ccc(N)c(COC=S)c1. The van der Waals surface area contributed by atoms with Crippen molar-refractivity contribution in [3.8, 4) is 0 Å². The van der Waals surface area contributed by atoms with E-state index in [1.54, 1.807) is 0 Å². The lowest BCUT2D eigenvalue weighted by Crippen LogP contribution is -1.96. The smallest absolute Gasteiger partial charge is 0.146 e. The van der Waals surface area contributed by atoms with E-state index < -0.39 is 0 Å². The van der Waals surface area contributed by atoms with Crippen molar-refractivity contribution < 1.29 is 4.74 Å². The van der Waals surface area contributed by atoms with E-state index in [4.69, 9.17) is 10.5 Å². The molecule has 0 amide bonds. The summed E-state index contributed by atoms with van der Waals surface area (Å²) in [4.78, 5) is 0. The molecule has 0 saturated carbocycles. The van der Waals surface area contributed by atoms with Crippen LogP contribution in [0.1, 0.15) is 11.1 Å². The van der Waals surface area contributed by atoms with Gasteiger partial charge in [0, 0.05) is 11.3 Å². The normalized spacial score (nSPS) is 9.42. The van der Waals surface area contributed by atoms with E-state index in [9.17, 15) is 0 Å². The summed E-state index contributed by atoms with van der Waals surface area (Å²) in [6, 6.07) is 5.84. The molecule has 1 rings (SSSR count). The van der Waals surface area contributed by atoms with Crippen molar-refractivity contribution in [1.29, 1.82) is 0 Å². The molecule has 0 aliphatic rings. The van der Waals surface area contributed by atoms with Crippen LogP contribution in [0.4, 0.5) is 5.69 Å². The summed E-state index contributed by atoms with van der Waals surface area (Å²) >= 11 is 4.54. The predicted molar refractivity (Wildman–Crippen MR) is 54.0 cm³/mol. The first kappa shape index (κ1) is 9.00. The largest absolute Gasteiger partial charge is 0.485 e. The zero-order chi connectivity index (χ0) is 8.97. The van der Waals surface area contributed by atoms with Crippen molar-refractivity contribution in [3.05, 3.63) is 29.3 Å². The molecule has 0 unspecified atom stereocenters. The molecule has 2 N–H and O–H groups in total. The summed E-state index contributed by atoms with van der Waals surface area (Å²) in [5.41, 5.74) is 9.86. The summed E-state index contributed by atoms with van der Waals surface area (Å²) < 4.78 is 4.97. The molecule has 64 valence electrons. The van der Waals surface area contributed by atoms with Crippen molar-refractivity contribution in [2.45, 2.75) is 13.5 Å². The molecule has 0 spiro atoms. The highest BCUT2D eigenvalue weighted by atomic mass is 32.1. The van der Waals surface area contributed by atoms with Gasteiger partial charge in [-0.3, -0.25) is 0 Å². The van der Waals surface area contributed by atoms with E-state index in [1.807, 2.05) is 25.1 Å². The third kappa shape index (κ3) is 2.20. The molecular formula is C9H11NOS. The number of ether oxygens (including phenoxy) is 1. The predicted octanol–water partition coefficient (Wildman–Crippen LogP) is 2.05. The molecule has 3 heteroatoms. The summed E-state index contributed by atoms with van der Waals surface area (Å²) in [6.07, 6.45) is 0. The second-order valence-electron chi connectivity index (χ2n) is 2.61. The minimum atomic E-state index is 0.455. The zero-order valence-electron chi connectivity index (χ0n) is 6.91. The molecule has 1 aromatic carbocycles. The molecule has 0 atom stereocenters. The van der Waals surface area contributed by atoms with E-state index in [0.29, 0.717) is 6.61 Å². The van der Waals surface area contributed by atoms with Gasteiger partial charge in [-0.2, -0.15) is 0 Å². The Kier molecular flexibility index (Phi) is 3.05. The topological polar surface area (TPSA) is 35.2 Å². The fourth-order valence-electron chi connectivity index (χ4n) is 0.983. The first-order valence-electron chi connectivity index (χ1n) is 3.64. The number of benzene rings is 1. The van der Waals surface area contributed by atoms with Gasteiger partial charge < -0.3 is 10.5 Å². The first-order chi connectivity index (χ1) is 5.74. The maximum atomic E-state index is 5.70. The lowest BCUT2D eigenvalue weighted by atomic mass is 10.1. The summed E-state index contributed by atoms with van der Waals surface area (Å²) in [5.74, 6) is 0. The van der Waals surface area contributed by atoms with E-state index >= 15 is 0 Å². The Morgan fingerprint density at radius 1 is 1.58 bits per heavy atom. The number of hydrogen-bond donors (Lipinski definition) is 1. The first-order valence-corrected chi connectivity index (χ1v) is 4.11. The van der Waals surface area contributed by atoms with Crippen LogP contribution in [0.3, 0.4) is 0 Å². The minimum absolute atomic E-state index is 0.455. The number of hydrogen-bond acceptors (Lipinski definition) is 3. The van der Waals surface area contributed by atoms with Crippen LogP contribution < -0.4 is 5.73 Å². The van der Waals surface area contributed by atoms with Crippen molar-refractivity contribution in [2.24, 2.45) is 0 Å². The number of aryl methyl sites for hydroxylation is 1. The maximum Gasteiger partial charge on any atom is 0.146 e. The second-order valence-corrected chi connectivity index (χ2v) is 2.80. The monoisotopic (exact) mass is 181 g/mol. The molecule has 0 bridgehead atoms. The van der Waals surface area contributed by atoms with Crippen LogP contribution in [0.2, 0.25) is 0 Å². The van der Waals surface area contributed by atoms with Crippen LogP contribution in [0, 0.1) is 6.92 Å². The fraction of sp³-hybridized carbons (Fsp3) is 0.222. The number of rotatable bonds is 3. The standard InChI is InChI=1S/C9H11NOS/c1-7-2-3-9(10)8(4-7)5-11-6-12/h2-4,6H,5,10H2,1H3. The Bertz CT molecular complexity index is 286. The molecule has 0 aliphatic carbocycles. The lowest BCUT2D eigenvalue weighted by molar-refractivity contribution is 0.316. The highest BCUT2D eigenvalue weighted by Crippen LogP contribution is 2.14. The summed E-state index contributed by atoms with van der Waals surface area (Å²) in [7, 11) is 0. The third-order valence-electron chi connectivity index (χ3n) is 1.61. The van der Waals surface area contributed by atoms with Crippen LogP contribution in [-0.4, -0.2) is 5.55 Å². The number of nitrogens with two attached hydrogens (primary N) is 1. The van der Waals surface area contributed by atoms with Gasteiger partial charge in [-0.1, -0.05) is 17.7 Å². The second kappa shape index (κ2) is 4.07. The molecule has 0 heterocycles. The third-order valence-corrected chi connectivity index (χ3v) is 1.74.